The van der Waals surface area contributed by atoms with Crippen LogP contribution < -0.4 is 0 Å². The molecule has 1 aliphatic carbocycles. The van der Waals surface area contributed by atoms with E-state index < -0.39 is 11.6 Å². The molecule has 1 heterocycles. The van der Waals surface area contributed by atoms with E-state index in [9.17, 15) is 18.7 Å². The van der Waals surface area contributed by atoms with Crippen LogP contribution in [0.3, 0.4) is 0 Å². The minimum Gasteiger partial charge on any atom is -0.391 e. The van der Waals surface area contributed by atoms with Gasteiger partial charge in [0.2, 0.25) is 5.91 Å². The molecule has 0 aromatic heterocycles. The SMILES string of the molecule is O=C(CCc1cc(F)ccc1F)N1CCN([C@@H]2CCC[C@H]2O)CC1. The Balaban J connectivity index is 1.47. The number of benzene rings is 1. The van der Waals surface area contributed by atoms with Gasteiger partial charge in [0.05, 0.1) is 6.10 Å². The molecule has 2 atom stereocenters. The van der Waals surface area contributed by atoms with E-state index in [0.29, 0.717) is 13.1 Å². The minimum atomic E-state index is -0.484. The quantitative estimate of drug-likeness (QED) is 0.913. The molecular formula is C18H24F2N2O2. The number of nitrogens with zero attached hydrogens (tertiary/aromatic N) is 2. The predicted molar refractivity (Wildman–Crippen MR) is 86.5 cm³/mol. The molecule has 2 aliphatic rings. The van der Waals surface area contributed by atoms with E-state index in [1.807, 2.05) is 0 Å². The standard InChI is InChI=1S/C18H24F2N2O2/c19-14-5-6-15(20)13(12-14)4-7-18(24)22-10-8-21(9-11-22)16-2-1-3-17(16)23/h5-6,12,16-17,23H,1-4,7-11H2/t16-,17-/m1/s1. The Labute approximate surface area is 141 Å². The van der Waals surface area contributed by atoms with Gasteiger partial charge in [0.1, 0.15) is 11.6 Å². The predicted octanol–water partition coefficient (Wildman–Crippen LogP) is 1.95. The smallest absolute Gasteiger partial charge is 0.222 e. The van der Waals surface area contributed by atoms with E-state index in [1.54, 1.807) is 4.90 Å². The summed E-state index contributed by atoms with van der Waals surface area (Å²) in [4.78, 5) is 16.4. The van der Waals surface area contributed by atoms with Gasteiger partial charge in [0.25, 0.3) is 0 Å². The first-order valence-electron chi connectivity index (χ1n) is 8.68. The second-order valence-electron chi connectivity index (χ2n) is 6.72. The van der Waals surface area contributed by atoms with Crippen molar-refractivity contribution in [2.75, 3.05) is 26.2 Å². The van der Waals surface area contributed by atoms with Crippen molar-refractivity contribution >= 4 is 5.91 Å². The Kier molecular flexibility index (Phi) is 5.46. The highest BCUT2D eigenvalue weighted by atomic mass is 19.1. The molecule has 0 unspecified atom stereocenters. The summed E-state index contributed by atoms with van der Waals surface area (Å²) in [5.41, 5.74) is 0.246. The highest BCUT2D eigenvalue weighted by Gasteiger charge is 2.33. The summed E-state index contributed by atoms with van der Waals surface area (Å²) < 4.78 is 26.8. The second kappa shape index (κ2) is 7.57. The van der Waals surface area contributed by atoms with Crippen molar-refractivity contribution in [2.45, 2.75) is 44.2 Å². The molecule has 2 fully saturated rings. The van der Waals surface area contributed by atoms with Crippen LogP contribution >= 0.6 is 0 Å². The minimum absolute atomic E-state index is 0.0229. The molecule has 0 spiro atoms. The van der Waals surface area contributed by atoms with E-state index in [4.69, 9.17) is 0 Å². The Bertz CT molecular complexity index is 588. The molecule has 0 radical (unpaired) electrons. The number of piperazine rings is 1. The van der Waals surface area contributed by atoms with Gasteiger partial charge < -0.3 is 10.0 Å². The number of aryl methyl sites for hydroxylation is 1. The average molecular weight is 338 g/mol. The zero-order valence-electron chi connectivity index (χ0n) is 13.8. The van der Waals surface area contributed by atoms with Crippen molar-refractivity contribution in [1.82, 2.24) is 9.80 Å². The number of rotatable bonds is 4. The third kappa shape index (κ3) is 3.92. The molecule has 4 nitrogen and oxygen atoms in total. The maximum atomic E-state index is 13.6. The van der Waals surface area contributed by atoms with E-state index >= 15 is 0 Å². The van der Waals surface area contributed by atoms with Gasteiger partial charge in [-0.2, -0.15) is 0 Å². The van der Waals surface area contributed by atoms with Gasteiger partial charge in [-0.3, -0.25) is 9.69 Å². The van der Waals surface area contributed by atoms with Crippen LogP contribution in [0.2, 0.25) is 0 Å². The monoisotopic (exact) mass is 338 g/mol. The summed E-state index contributed by atoms with van der Waals surface area (Å²) >= 11 is 0. The number of carbonyl (C=O) groups excluding carboxylic acids is 1. The van der Waals surface area contributed by atoms with Gasteiger partial charge >= 0.3 is 0 Å². The van der Waals surface area contributed by atoms with Crippen LogP contribution in [0.15, 0.2) is 18.2 Å². The Morgan fingerprint density at radius 3 is 2.58 bits per heavy atom. The fraction of sp³-hybridized carbons (Fsp3) is 0.611. The number of aliphatic hydroxyl groups excluding tert-OH is 1. The lowest BCUT2D eigenvalue weighted by atomic mass is 10.1. The lowest BCUT2D eigenvalue weighted by Crippen LogP contribution is -2.53. The maximum absolute atomic E-state index is 13.6. The molecule has 1 amide bonds. The van der Waals surface area contributed by atoms with Crippen molar-refractivity contribution in [1.29, 1.82) is 0 Å². The molecule has 1 aromatic rings. The number of hydrogen-bond acceptors (Lipinski definition) is 3. The Hall–Kier alpha value is -1.53. The van der Waals surface area contributed by atoms with E-state index in [0.717, 1.165) is 50.6 Å². The summed E-state index contributed by atoms with van der Waals surface area (Å²) in [5.74, 6) is -0.975. The van der Waals surface area contributed by atoms with Crippen molar-refractivity contribution in [3.8, 4) is 0 Å². The summed E-state index contributed by atoms with van der Waals surface area (Å²) in [6.07, 6.45) is 3.10. The van der Waals surface area contributed by atoms with Gasteiger partial charge in [-0.15, -0.1) is 0 Å². The summed E-state index contributed by atoms with van der Waals surface area (Å²) in [7, 11) is 0. The van der Waals surface area contributed by atoms with E-state index in [2.05, 4.69) is 4.90 Å². The summed E-state index contributed by atoms with van der Waals surface area (Å²) in [5, 5.41) is 9.99. The lowest BCUT2D eigenvalue weighted by Gasteiger charge is -2.39. The van der Waals surface area contributed by atoms with E-state index in [-0.39, 0.29) is 36.5 Å². The van der Waals surface area contributed by atoms with Crippen LogP contribution in [0, 0.1) is 11.6 Å². The zero-order valence-corrected chi connectivity index (χ0v) is 13.8. The molecule has 0 bridgehead atoms. The number of aliphatic hydroxyl groups is 1. The van der Waals surface area contributed by atoms with Gasteiger partial charge in [0.15, 0.2) is 0 Å². The molecule has 1 aliphatic heterocycles. The molecule has 1 N–H and O–H groups in total. The normalized spacial score (nSPS) is 25.2. The summed E-state index contributed by atoms with van der Waals surface area (Å²) in [6.45, 7) is 2.80. The number of halogens is 2. The molecular weight excluding hydrogens is 314 g/mol. The third-order valence-electron chi connectivity index (χ3n) is 5.20. The van der Waals surface area contributed by atoms with E-state index in [1.165, 1.54) is 0 Å². The topological polar surface area (TPSA) is 43.8 Å². The fourth-order valence-electron chi connectivity index (χ4n) is 3.78. The molecule has 1 saturated carbocycles. The number of hydrogen-bond donors (Lipinski definition) is 1. The molecule has 132 valence electrons. The first-order valence-corrected chi connectivity index (χ1v) is 8.68. The van der Waals surface area contributed by atoms with Gasteiger partial charge in [-0.1, -0.05) is 0 Å². The lowest BCUT2D eigenvalue weighted by molar-refractivity contribution is -0.133. The highest BCUT2D eigenvalue weighted by Crippen LogP contribution is 2.25. The molecule has 1 aromatic carbocycles. The van der Waals surface area contributed by atoms with Crippen molar-refractivity contribution in [2.24, 2.45) is 0 Å². The first-order chi connectivity index (χ1) is 11.5. The molecule has 1 saturated heterocycles. The Morgan fingerprint density at radius 2 is 1.92 bits per heavy atom. The van der Waals surface area contributed by atoms with Gasteiger partial charge in [-0.05, 0) is 49.4 Å². The van der Waals surface area contributed by atoms with Crippen LogP contribution in [0.5, 0.6) is 0 Å². The van der Waals surface area contributed by atoms with Crippen molar-refractivity contribution in [3.63, 3.8) is 0 Å². The number of amides is 1. The van der Waals surface area contributed by atoms with Crippen LogP contribution in [-0.2, 0) is 11.2 Å². The highest BCUT2D eigenvalue weighted by molar-refractivity contribution is 5.76. The second-order valence-corrected chi connectivity index (χ2v) is 6.72. The zero-order chi connectivity index (χ0) is 17.1. The van der Waals surface area contributed by atoms with Crippen LogP contribution in [0.4, 0.5) is 8.78 Å². The molecule has 6 heteroatoms. The van der Waals surface area contributed by atoms with Crippen LogP contribution in [0.25, 0.3) is 0 Å². The van der Waals surface area contributed by atoms with Crippen LogP contribution in [0.1, 0.15) is 31.2 Å². The fourth-order valence-corrected chi connectivity index (χ4v) is 3.78. The average Bonchev–Trinajstić information content (AvgIpc) is 3.01. The number of carbonyl (C=O) groups is 1. The van der Waals surface area contributed by atoms with Crippen molar-refractivity contribution < 1.29 is 18.7 Å². The van der Waals surface area contributed by atoms with Gasteiger partial charge in [-0.25, -0.2) is 8.78 Å². The molecule has 24 heavy (non-hydrogen) atoms. The van der Waals surface area contributed by atoms with Gasteiger partial charge in [0, 0.05) is 38.6 Å². The summed E-state index contributed by atoms with van der Waals surface area (Å²) in [6, 6.07) is 3.56. The third-order valence-corrected chi connectivity index (χ3v) is 5.20. The first kappa shape index (κ1) is 17.3. The van der Waals surface area contributed by atoms with Crippen molar-refractivity contribution in [3.05, 3.63) is 35.4 Å². The Morgan fingerprint density at radius 1 is 1.17 bits per heavy atom. The largest absolute Gasteiger partial charge is 0.391 e. The van der Waals surface area contributed by atoms with Crippen LogP contribution in [-0.4, -0.2) is 59.1 Å². The molecule has 3 rings (SSSR count). The maximum Gasteiger partial charge on any atom is 0.222 e.